The maximum Gasteiger partial charge on any atom is 0.333 e. The van der Waals surface area contributed by atoms with Gasteiger partial charge in [-0.15, -0.1) is 0 Å². The van der Waals surface area contributed by atoms with Crippen molar-refractivity contribution in [1.82, 2.24) is 0 Å². The van der Waals surface area contributed by atoms with Crippen molar-refractivity contribution in [2.75, 3.05) is 12.4 Å². The minimum absolute atomic E-state index is 0.259. The van der Waals surface area contributed by atoms with E-state index in [9.17, 15) is 4.79 Å². The molecule has 0 amide bonds. The molecular formula is C13H16O2S. The van der Waals surface area contributed by atoms with E-state index in [0.29, 0.717) is 17.9 Å². The van der Waals surface area contributed by atoms with Gasteiger partial charge in [-0.05, 0) is 18.9 Å². The number of carbonyl (C=O) groups is 1. The molecule has 0 aromatic heterocycles. The summed E-state index contributed by atoms with van der Waals surface area (Å²) >= 11 is 3.98. The number of thiol groups is 1. The molecule has 0 unspecified atom stereocenters. The van der Waals surface area contributed by atoms with Crippen LogP contribution in [0.2, 0.25) is 0 Å². The van der Waals surface area contributed by atoms with Gasteiger partial charge in [0.2, 0.25) is 0 Å². The van der Waals surface area contributed by atoms with Crippen LogP contribution in [0.1, 0.15) is 12.5 Å². The van der Waals surface area contributed by atoms with Crippen molar-refractivity contribution in [3.05, 3.63) is 47.5 Å². The van der Waals surface area contributed by atoms with Crippen molar-refractivity contribution in [3.8, 4) is 0 Å². The van der Waals surface area contributed by atoms with Crippen LogP contribution in [0, 0.1) is 0 Å². The number of rotatable bonds is 5. The summed E-state index contributed by atoms with van der Waals surface area (Å²) in [5.41, 5.74) is 1.83. The van der Waals surface area contributed by atoms with E-state index in [1.807, 2.05) is 36.4 Å². The molecule has 1 aromatic rings. The lowest BCUT2D eigenvalue weighted by Gasteiger charge is -2.02. The highest BCUT2D eigenvalue weighted by Gasteiger charge is 2.04. The van der Waals surface area contributed by atoms with Crippen LogP contribution >= 0.6 is 12.6 Å². The summed E-state index contributed by atoms with van der Waals surface area (Å²) in [5.74, 6) is 0.294. The third-order valence-corrected chi connectivity index (χ3v) is 2.32. The minimum Gasteiger partial charge on any atom is -0.461 e. The number of hydrogen-bond donors (Lipinski definition) is 1. The molecule has 0 bridgehead atoms. The topological polar surface area (TPSA) is 26.3 Å². The second kappa shape index (κ2) is 7.12. The van der Waals surface area contributed by atoms with E-state index < -0.39 is 0 Å². The predicted octanol–water partition coefficient (Wildman–Crippen LogP) is 2.65. The first-order chi connectivity index (χ1) is 7.74. The third-order valence-electron chi connectivity index (χ3n) is 2.13. The van der Waals surface area contributed by atoms with Crippen molar-refractivity contribution >= 4 is 18.6 Å². The van der Waals surface area contributed by atoms with Crippen molar-refractivity contribution in [2.45, 2.75) is 13.3 Å². The Morgan fingerprint density at radius 3 is 2.69 bits per heavy atom. The lowest BCUT2D eigenvalue weighted by Crippen LogP contribution is -2.08. The summed E-state index contributed by atoms with van der Waals surface area (Å²) in [7, 11) is 0. The molecule has 0 aliphatic carbocycles. The van der Waals surface area contributed by atoms with Crippen LogP contribution in [0.5, 0.6) is 0 Å². The quantitative estimate of drug-likeness (QED) is 0.483. The summed E-state index contributed by atoms with van der Waals surface area (Å²) in [6.45, 7) is 2.13. The Kier molecular flexibility index (Phi) is 5.72. The van der Waals surface area contributed by atoms with Gasteiger partial charge in [0.15, 0.2) is 0 Å². The summed E-state index contributed by atoms with van der Waals surface area (Å²) in [6.07, 6.45) is 2.64. The smallest absolute Gasteiger partial charge is 0.333 e. The van der Waals surface area contributed by atoms with Gasteiger partial charge >= 0.3 is 5.97 Å². The molecule has 0 spiro atoms. The molecule has 0 aliphatic heterocycles. The van der Waals surface area contributed by atoms with Crippen LogP contribution in [-0.2, 0) is 16.0 Å². The average Bonchev–Trinajstić information content (AvgIpc) is 2.34. The highest BCUT2D eigenvalue weighted by molar-refractivity contribution is 7.80. The normalized spacial score (nSPS) is 11.2. The number of carbonyl (C=O) groups excluding carboxylic acids is 1. The van der Waals surface area contributed by atoms with Gasteiger partial charge in [-0.3, -0.25) is 0 Å². The van der Waals surface area contributed by atoms with E-state index in [-0.39, 0.29) is 5.97 Å². The van der Waals surface area contributed by atoms with Crippen molar-refractivity contribution in [3.63, 3.8) is 0 Å². The zero-order valence-electron chi connectivity index (χ0n) is 9.35. The lowest BCUT2D eigenvalue weighted by molar-refractivity contribution is -0.138. The molecule has 0 atom stereocenters. The molecule has 1 aromatic carbocycles. The molecular weight excluding hydrogens is 220 g/mol. The van der Waals surface area contributed by atoms with E-state index in [1.165, 1.54) is 5.56 Å². The molecule has 0 aliphatic rings. The Morgan fingerprint density at radius 2 is 2.06 bits per heavy atom. The van der Waals surface area contributed by atoms with Crippen LogP contribution in [-0.4, -0.2) is 18.3 Å². The van der Waals surface area contributed by atoms with Crippen molar-refractivity contribution in [2.24, 2.45) is 0 Å². The van der Waals surface area contributed by atoms with Gasteiger partial charge in [0.25, 0.3) is 0 Å². The summed E-state index contributed by atoms with van der Waals surface area (Å²) in [4.78, 5) is 11.4. The number of allylic oxidation sites excluding steroid dienone is 1. The molecule has 86 valence electrons. The van der Waals surface area contributed by atoms with Crippen LogP contribution in [0.4, 0.5) is 0 Å². The second-order valence-corrected chi connectivity index (χ2v) is 3.88. The molecule has 0 N–H and O–H groups in total. The first kappa shape index (κ1) is 12.8. The number of benzene rings is 1. The third kappa shape index (κ3) is 4.53. The first-order valence-corrected chi connectivity index (χ1v) is 5.86. The predicted molar refractivity (Wildman–Crippen MR) is 68.7 cm³/mol. The van der Waals surface area contributed by atoms with Gasteiger partial charge < -0.3 is 4.74 Å². The fourth-order valence-corrected chi connectivity index (χ4v) is 1.31. The fourth-order valence-electron chi connectivity index (χ4n) is 1.22. The zero-order chi connectivity index (χ0) is 11.8. The van der Waals surface area contributed by atoms with Crippen LogP contribution in [0.15, 0.2) is 42.0 Å². The Balaban J connectivity index is 2.48. The van der Waals surface area contributed by atoms with E-state index >= 15 is 0 Å². The van der Waals surface area contributed by atoms with E-state index in [1.54, 1.807) is 6.92 Å². The van der Waals surface area contributed by atoms with Gasteiger partial charge in [0.1, 0.15) is 6.61 Å². The molecule has 0 radical (unpaired) electrons. The largest absolute Gasteiger partial charge is 0.461 e. The highest BCUT2D eigenvalue weighted by Crippen LogP contribution is 2.04. The van der Waals surface area contributed by atoms with Crippen molar-refractivity contribution in [1.29, 1.82) is 0 Å². The zero-order valence-corrected chi connectivity index (χ0v) is 10.2. The SMILES string of the molecule is CC(=CCc1ccccc1)C(=O)OCCS. The Bertz CT molecular complexity index is 357. The van der Waals surface area contributed by atoms with Crippen molar-refractivity contribution < 1.29 is 9.53 Å². The molecule has 0 fully saturated rings. The van der Waals surface area contributed by atoms with E-state index in [2.05, 4.69) is 12.6 Å². The molecule has 1 rings (SSSR count). The number of hydrogen-bond acceptors (Lipinski definition) is 3. The maximum absolute atomic E-state index is 11.4. The van der Waals surface area contributed by atoms with Gasteiger partial charge in [-0.25, -0.2) is 4.79 Å². The Labute approximate surface area is 102 Å². The molecule has 0 saturated heterocycles. The summed E-state index contributed by atoms with van der Waals surface area (Å²) in [5, 5.41) is 0. The molecule has 3 heteroatoms. The number of esters is 1. The monoisotopic (exact) mass is 236 g/mol. The molecule has 16 heavy (non-hydrogen) atoms. The fraction of sp³-hybridized carbons (Fsp3) is 0.308. The minimum atomic E-state index is -0.259. The van der Waals surface area contributed by atoms with Gasteiger partial charge in [-0.1, -0.05) is 36.4 Å². The van der Waals surface area contributed by atoms with E-state index in [0.717, 1.165) is 6.42 Å². The van der Waals surface area contributed by atoms with Crippen LogP contribution in [0.3, 0.4) is 0 Å². The second-order valence-electron chi connectivity index (χ2n) is 3.44. The first-order valence-electron chi connectivity index (χ1n) is 5.22. The van der Waals surface area contributed by atoms with Gasteiger partial charge in [0, 0.05) is 11.3 Å². The van der Waals surface area contributed by atoms with Crippen LogP contribution < -0.4 is 0 Å². The molecule has 0 saturated carbocycles. The average molecular weight is 236 g/mol. The van der Waals surface area contributed by atoms with Gasteiger partial charge in [-0.2, -0.15) is 12.6 Å². The summed E-state index contributed by atoms with van der Waals surface area (Å²) in [6, 6.07) is 10.0. The molecule has 0 heterocycles. The Hall–Kier alpha value is -1.22. The standard InChI is InChI=1S/C13H16O2S/c1-11(13(14)15-9-10-16)7-8-12-5-3-2-4-6-12/h2-7,16H,8-10H2,1H3. The lowest BCUT2D eigenvalue weighted by atomic mass is 10.1. The highest BCUT2D eigenvalue weighted by atomic mass is 32.1. The maximum atomic E-state index is 11.4. The van der Waals surface area contributed by atoms with E-state index in [4.69, 9.17) is 4.74 Å². The molecule has 2 nitrogen and oxygen atoms in total. The summed E-state index contributed by atoms with van der Waals surface area (Å²) < 4.78 is 4.96. The number of ether oxygens (including phenoxy) is 1. The Morgan fingerprint density at radius 1 is 1.38 bits per heavy atom. The van der Waals surface area contributed by atoms with Gasteiger partial charge in [0.05, 0.1) is 0 Å². The van der Waals surface area contributed by atoms with Crippen LogP contribution in [0.25, 0.3) is 0 Å².